The van der Waals surface area contributed by atoms with E-state index in [0.29, 0.717) is 5.56 Å². The maximum atomic E-state index is 12.3. The first-order valence-electron chi connectivity index (χ1n) is 7.69. The van der Waals surface area contributed by atoms with Crippen LogP contribution in [-0.2, 0) is 16.0 Å². The number of benzene rings is 1. The number of aryl methyl sites for hydroxylation is 1. The van der Waals surface area contributed by atoms with Crippen LogP contribution in [0.3, 0.4) is 0 Å². The molecule has 0 aliphatic heterocycles. The summed E-state index contributed by atoms with van der Waals surface area (Å²) in [6, 6.07) is 9.67. The normalized spacial score (nSPS) is 11.2. The van der Waals surface area contributed by atoms with Crippen LogP contribution >= 0.6 is 11.3 Å². The van der Waals surface area contributed by atoms with Crippen LogP contribution in [0.15, 0.2) is 48.0 Å². The second-order valence-electron chi connectivity index (χ2n) is 5.28. The second-order valence-corrected chi connectivity index (χ2v) is 6.25. The molecule has 0 atom stereocenters. The Hall–Kier alpha value is -2.66. The maximum absolute atomic E-state index is 12.3. The number of hydrogen-bond acceptors (Lipinski definition) is 4. The van der Waals surface area contributed by atoms with Crippen LogP contribution in [0.5, 0.6) is 0 Å². The Balaban J connectivity index is 1.66. The lowest BCUT2D eigenvalue weighted by atomic mass is 10.1. The highest BCUT2D eigenvalue weighted by atomic mass is 32.1. The van der Waals surface area contributed by atoms with Gasteiger partial charge in [0.15, 0.2) is 6.61 Å². The highest BCUT2D eigenvalue weighted by molar-refractivity contribution is 7.10. The average Bonchev–Trinajstić information content (AvgIpc) is 3.26. The minimum absolute atomic E-state index is 0.215. The number of Topliss-reactive ketones (excluding diaryl/α,β-unsaturated/α-hetero) is 1. The third kappa shape index (κ3) is 3.46. The van der Waals surface area contributed by atoms with Gasteiger partial charge in [-0.25, -0.2) is 4.79 Å². The lowest BCUT2D eigenvalue weighted by molar-refractivity contribution is -0.136. The largest absolute Gasteiger partial charge is 0.454 e. The molecule has 0 saturated heterocycles. The quantitative estimate of drug-likeness (QED) is 0.415. The first-order valence-corrected chi connectivity index (χ1v) is 8.57. The van der Waals surface area contributed by atoms with Gasteiger partial charge in [-0.15, -0.1) is 11.3 Å². The van der Waals surface area contributed by atoms with Crippen LogP contribution < -0.4 is 0 Å². The van der Waals surface area contributed by atoms with Crippen molar-refractivity contribution in [3.63, 3.8) is 0 Å². The van der Waals surface area contributed by atoms with Gasteiger partial charge in [-0.3, -0.25) is 4.79 Å². The molecule has 0 bridgehead atoms. The van der Waals surface area contributed by atoms with Crippen molar-refractivity contribution >= 4 is 40.1 Å². The minimum atomic E-state index is -0.522. The zero-order chi connectivity index (χ0) is 16.9. The number of hydrogen-bond donors (Lipinski definition) is 1. The molecule has 3 aromatic rings. The van der Waals surface area contributed by atoms with Crippen molar-refractivity contribution in [1.82, 2.24) is 4.98 Å². The number of aromatic nitrogens is 1. The molecule has 0 saturated carbocycles. The number of para-hydroxylation sites is 1. The molecule has 3 rings (SSSR count). The van der Waals surface area contributed by atoms with Gasteiger partial charge in [0.05, 0.1) is 0 Å². The van der Waals surface area contributed by atoms with E-state index in [4.69, 9.17) is 4.74 Å². The molecule has 2 heterocycles. The monoisotopic (exact) mass is 339 g/mol. The zero-order valence-corrected chi connectivity index (χ0v) is 14.1. The average molecular weight is 339 g/mol. The first kappa shape index (κ1) is 16.2. The van der Waals surface area contributed by atoms with Gasteiger partial charge in [-0.05, 0) is 29.5 Å². The number of rotatable bonds is 6. The van der Waals surface area contributed by atoms with Gasteiger partial charge in [0.25, 0.3) is 0 Å². The molecule has 4 nitrogen and oxygen atoms in total. The molecule has 24 heavy (non-hydrogen) atoms. The van der Waals surface area contributed by atoms with Crippen LogP contribution in [0.2, 0.25) is 0 Å². The zero-order valence-electron chi connectivity index (χ0n) is 13.2. The molecule has 1 N–H and O–H groups in total. The van der Waals surface area contributed by atoms with Crippen molar-refractivity contribution in [3.8, 4) is 0 Å². The summed E-state index contributed by atoms with van der Waals surface area (Å²) < 4.78 is 5.05. The van der Waals surface area contributed by atoms with Crippen molar-refractivity contribution < 1.29 is 14.3 Å². The van der Waals surface area contributed by atoms with Crippen LogP contribution in [0.4, 0.5) is 0 Å². The predicted octanol–water partition coefficient (Wildman–Crippen LogP) is 4.23. The fourth-order valence-electron chi connectivity index (χ4n) is 2.54. The van der Waals surface area contributed by atoms with E-state index >= 15 is 0 Å². The van der Waals surface area contributed by atoms with Crippen LogP contribution in [0.1, 0.15) is 27.7 Å². The number of thiophene rings is 1. The molecular weight excluding hydrogens is 322 g/mol. The minimum Gasteiger partial charge on any atom is -0.454 e. The van der Waals surface area contributed by atoms with Gasteiger partial charge in [0.2, 0.25) is 5.78 Å². The van der Waals surface area contributed by atoms with Crippen molar-refractivity contribution in [2.24, 2.45) is 0 Å². The lowest BCUT2D eigenvalue weighted by Gasteiger charge is -2.02. The summed E-state index contributed by atoms with van der Waals surface area (Å²) in [6.45, 7) is 1.80. The number of carbonyl (C=O) groups excluding carboxylic acids is 2. The molecule has 122 valence electrons. The number of fused-ring (bicyclic) bond motifs is 1. The topological polar surface area (TPSA) is 59.2 Å². The maximum Gasteiger partial charge on any atom is 0.331 e. The molecular formula is C19H17NO3S. The van der Waals surface area contributed by atoms with E-state index in [2.05, 4.69) is 11.9 Å². The van der Waals surface area contributed by atoms with Crippen molar-refractivity contribution in [2.75, 3.05) is 6.61 Å². The summed E-state index contributed by atoms with van der Waals surface area (Å²) >= 11 is 1.53. The standard InChI is InChI=1S/C19H17NO3S/c1-2-13-5-3-7-15-16(11-20-19(13)15)17(21)12-23-18(22)9-8-14-6-4-10-24-14/h3-11,20H,2,12H2,1H3. The summed E-state index contributed by atoms with van der Waals surface area (Å²) in [7, 11) is 0. The Morgan fingerprint density at radius 2 is 2.12 bits per heavy atom. The second kappa shape index (κ2) is 7.27. The summed E-state index contributed by atoms with van der Waals surface area (Å²) in [5, 5.41) is 2.79. The van der Waals surface area contributed by atoms with E-state index in [9.17, 15) is 9.59 Å². The molecule has 0 spiro atoms. The summed E-state index contributed by atoms with van der Waals surface area (Å²) in [4.78, 5) is 28.2. The summed E-state index contributed by atoms with van der Waals surface area (Å²) in [5.74, 6) is -0.738. The number of carbonyl (C=O) groups is 2. The van der Waals surface area contributed by atoms with E-state index in [0.717, 1.165) is 27.8 Å². The van der Waals surface area contributed by atoms with Gasteiger partial charge in [-0.1, -0.05) is 31.2 Å². The molecule has 1 aromatic carbocycles. The number of ketones is 1. The highest BCUT2D eigenvalue weighted by Crippen LogP contribution is 2.22. The summed E-state index contributed by atoms with van der Waals surface area (Å²) in [5.41, 5.74) is 2.67. The SMILES string of the molecule is CCc1cccc2c(C(=O)COC(=O)C=Cc3cccs3)c[nH]c12. The molecule has 2 aromatic heterocycles. The van der Waals surface area contributed by atoms with E-state index in [-0.39, 0.29) is 12.4 Å². The Morgan fingerprint density at radius 3 is 2.88 bits per heavy atom. The molecule has 0 fully saturated rings. The van der Waals surface area contributed by atoms with Crippen molar-refractivity contribution in [2.45, 2.75) is 13.3 Å². The summed E-state index contributed by atoms with van der Waals surface area (Å²) in [6.07, 6.45) is 5.58. The van der Waals surface area contributed by atoms with E-state index in [1.54, 1.807) is 12.3 Å². The van der Waals surface area contributed by atoms with Crippen molar-refractivity contribution in [3.05, 3.63) is 64.0 Å². The number of nitrogens with one attached hydrogen (secondary N) is 1. The Morgan fingerprint density at radius 1 is 1.25 bits per heavy atom. The van der Waals surface area contributed by atoms with Gasteiger partial charge in [0.1, 0.15) is 0 Å². The fraction of sp³-hybridized carbons (Fsp3) is 0.158. The molecule has 0 amide bonds. The van der Waals surface area contributed by atoms with E-state index < -0.39 is 5.97 Å². The van der Waals surface area contributed by atoms with Gasteiger partial charge in [0, 0.05) is 33.6 Å². The molecule has 0 aliphatic rings. The van der Waals surface area contributed by atoms with Gasteiger partial charge < -0.3 is 9.72 Å². The van der Waals surface area contributed by atoms with Crippen molar-refractivity contribution in [1.29, 1.82) is 0 Å². The smallest absolute Gasteiger partial charge is 0.331 e. The molecule has 5 heteroatoms. The van der Waals surface area contributed by atoms with Gasteiger partial charge in [-0.2, -0.15) is 0 Å². The fourth-order valence-corrected chi connectivity index (χ4v) is 3.16. The number of esters is 1. The van der Waals surface area contributed by atoms with Crippen LogP contribution in [0.25, 0.3) is 17.0 Å². The number of H-pyrrole nitrogens is 1. The Labute approximate surface area is 143 Å². The van der Waals surface area contributed by atoms with E-state index in [1.165, 1.54) is 17.4 Å². The lowest BCUT2D eigenvalue weighted by Crippen LogP contribution is -2.12. The molecule has 0 aliphatic carbocycles. The number of ether oxygens (including phenoxy) is 1. The Kier molecular flexibility index (Phi) is 4.91. The van der Waals surface area contributed by atoms with Crippen LogP contribution in [-0.4, -0.2) is 23.3 Å². The molecule has 0 radical (unpaired) electrons. The Bertz CT molecular complexity index is 891. The molecule has 0 unspecified atom stereocenters. The third-order valence-corrected chi connectivity index (χ3v) is 4.59. The number of aromatic amines is 1. The third-order valence-electron chi connectivity index (χ3n) is 3.76. The highest BCUT2D eigenvalue weighted by Gasteiger charge is 2.14. The first-order chi connectivity index (χ1) is 11.7. The van der Waals surface area contributed by atoms with Gasteiger partial charge >= 0.3 is 5.97 Å². The van der Waals surface area contributed by atoms with E-state index in [1.807, 2.05) is 35.7 Å². The van der Waals surface area contributed by atoms with Crippen LogP contribution in [0, 0.1) is 0 Å². The predicted molar refractivity (Wildman–Crippen MR) is 96.3 cm³/mol.